The van der Waals surface area contributed by atoms with E-state index in [1.165, 1.54) is 24.3 Å². The van der Waals surface area contributed by atoms with E-state index in [1.807, 2.05) is 0 Å². The normalized spacial score (nSPS) is 10.8. The van der Waals surface area contributed by atoms with E-state index in [1.54, 1.807) is 18.2 Å². The summed E-state index contributed by atoms with van der Waals surface area (Å²) in [6.45, 7) is 0.619. The molecule has 6 nitrogen and oxygen atoms in total. The van der Waals surface area contributed by atoms with E-state index >= 15 is 0 Å². The van der Waals surface area contributed by atoms with Crippen molar-refractivity contribution in [1.82, 2.24) is 9.97 Å². The fourth-order valence-corrected chi connectivity index (χ4v) is 2.17. The largest absolute Gasteiger partial charge is 0.355 e. The van der Waals surface area contributed by atoms with Crippen LogP contribution in [0.2, 0.25) is 0 Å². The van der Waals surface area contributed by atoms with E-state index in [0.717, 1.165) is 17.5 Å². The quantitative estimate of drug-likeness (QED) is 0.559. The maximum absolute atomic E-state index is 12.8. The lowest BCUT2D eigenvalue weighted by Crippen LogP contribution is -2.05. The Morgan fingerprint density at radius 1 is 1.23 bits per heavy atom. The molecular formula is C15H13FN4O2. The molecule has 2 N–H and O–H groups in total. The highest BCUT2D eigenvalue weighted by atomic mass is 19.1. The van der Waals surface area contributed by atoms with Crippen molar-refractivity contribution >= 4 is 22.7 Å². The van der Waals surface area contributed by atoms with Crippen molar-refractivity contribution < 1.29 is 9.31 Å². The van der Waals surface area contributed by atoms with Gasteiger partial charge in [-0.05, 0) is 30.2 Å². The van der Waals surface area contributed by atoms with Crippen LogP contribution in [-0.4, -0.2) is 21.4 Å². The van der Waals surface area contributed by atoms with E-state index in [0.29, 0.717) is 18.0 Å². The van der Waals surface area contributed by atoms with Gasteiger partial charge in [0.05, 0.1) is 16.0 Å². The predicted molar refractivity (Wildman–Crippen MR) is 81.3 cm³/mol. The van der Waals surface area contributed by atoms with Gasteiger partial charge in [-0.1, -0.05) is 12.1 Å². The fraction of sp³-hybridized carbons (Fsp3) is 0.133. The number of nitrogens with zero attached hydrogens (tertiary/aromatic N) is 2. The standard InChI is InChI=1S/C15H13FN4O2/c16-11-3-1-10(2-4-11)7-8-17-15-18-13-6-5-12(20(21)22)9-14(13)19-15/h1-6,9H,7-8H2,(H2,17,18,19). The van der Waals surface area contributed by atoms with E-state index < -0.39 is 4.92 Å². The van der Waals surface area contributed by atoms with Crippen molar-refractivity contribution in [3.8, 4) is 0 Å². The summed E-state index contributed by atoms with van der Waals surface area (Å²) in [6.07, 6.45) is 0.720. The molecule has 1 aromatic heterocycles. The van der Waals surface area contributed by atoms with Crippen LogP contribution in [0.25, 0.3) is 11.0 Å². The number of hydrogen-bond donors (Lipinski definition) is 2. The zero-order valence-corrected chi connectivity index (χ0v) is 11.5. The van der Waals surface area contributed by atoms with Crippen molar-refractivity contribution in [3.05, 3.63) is 64.0 Å². The van der Waals surface area contributed by atoms with Gasteiger partial charge in [0.15, 0.2) is 0 Å². The molecule has 3 rings (SSSR count). The molecule has 0 unspecified atom stereocenters. The molecule has 112 valence electrons. The third kappa shape index (κ3) is 3.03. The number of benzene rings is 2. The molecule has 0 bridgehead atoms. The van der Waals surface area contributed by atoms with Crippen LogP contribution in [0.5, 0.6) is 0 Å². The molecule has 0 aliphatic rings. The number of fused-ring (bicyclic) bond motifs is 1. The molecule has 7 heteroatoms. The summed E-state index contributed by atoms with van der Waals surface area (Å²) >= 11 is 0. The summed E-state index contributed by atoms with van der Waals surface area (Å²) in [5, 5.41) is 13.8. The van der Waals surface area contributed by atoms with Crippen LogP contribution < -0.4 is 5.32 Å². The molecule has 1 heterocycles. The lowest BCUT2D eigenvalue weighted by molar-refractivity contribution is -0.384. The Bertz CT molecular complexity index is 814. The molecule has 0 radical (unpaired) electrons. The number of nitrogens with one attached hydrogen (secondary N) is 2. The first-order valence-corrected chi connectivity index (χ1v) is 6.74. The number of nitro benzene ring substituents is 1. The first kappa shape index (κ1) is 14.0. The van der Waals surface area contributed by atoms with Crippen LogP contribution >= 0.6 is 0 Å². The van der Waals surface area contributed by atoms with Gasteiger partial charge in [-0.25, -0.2) is 9.37 Å². The zero-order chi connectivity index (χ0) is 15.5. The lowest BCUT2D eigenvalue weighted by atomic mass is 10.1. The Labute approximate surface area is 125 Å². The van der Waals surface area contributed by atoms with Gasteiger partial charge in [-0.15, -0.1) is 0 Å². The molecular weight excluding hydrogens is 287 g/mol. The first-order chi connectivity index (χ1) is 10.6. The van der Waals surface area contributed by atoms with Crippen molar-refractivity contribution in [3.63, 3.8) is 0 Å². The highest BCUT2D eigenvalue weighted by Crippen LogP contribution is 2.20. The van der Waals surface area contributed by atoms with Gasteiger partial charge in [-0.2, -0.15) is 0 Å². The summed E-state index contributed by atoms with van der Waals surface area (Å²) in [5.74, 6) is 0.299. The number of imidazole rings is 1. The number of rotatable bonds is 5. The van der Waals surface area contributed by atoms with E-state index in [2.05, 4.69) is 15.3 Å². The third-order valence-electron chi connectivity index (χ3n) is 3.30. The van der Waals surface area contributed by atoms with E-state index in [9.17, 15) is 14.5 Å². The zero-order valence-electron chi connectivity index (χ0n) is 11.5. The smallest absolute Gasteiger partial charge is 0.271 e. The van der Waals surface area contributed by atoms with Gasteiger partial charge in [-0.3, -0.25) is 10.1 Å². The van der Waals surface area contributed by atoms with Crippen LogP contribution in [0.15, 0.2) is 42.5 Å². The Kier molecular flexibility index (Phi) is 3.69. The number of hydrogen-bond acceptors (Lipinski definition) is 4. The number of anilines is 1. The number of H-pyrrole nitrogens is 1. The number of aromatic nitrogens is 2. The van der Waals surface area contributed by atoms with Gasteiger partial charge in [0.25, 0.3) is 5.69 Å². The van der Waals surface area contributed by atoms with Crippen molar-refractivity contribution in [2.75, 3.05) is 11.9 Å². The van der Waals surface area contributed by atoms with Gasteiger partial charge >= 0.3 is 0 Å². The van der Waals surface area contributed by atoms with Crippen LogP contribution in [0.1, 0.15) is 5.56 Å². The van der Waals surface area contributed by atoms with Crippen LogP contribution in [0, 0.1) is 15.9 Å². The number of halogens is 1. The molecule has 2 aromatic carbocycles. The van der Waals surface area contributed by atoms with Gasteiger partial charge in [0.2, 0.25) is 5.95 Å². The summed E-state index contributed by atoms with van der Waals surface area (Å²) in [5.41, 5.74) is 2.30. The number of aromatic amines is 1. The van der Waals surface area contributed by atoms with E-state index in [-0.39, 0.29) is 11.5 Å². The molecule has 0 aliphatic heterocycles. The van der Waals surface area contributed by atoms with E-state index in [4.69, 9.17) is 0 Å². The van der Waals surface area contributed by atoms with Crippen LogP contribution in [-0.2, 0) is 6.42 Å². The minimum absolute atomic E-state index is 0.0110. The summed E-state index contributed by atoms with van der Waals surface area (Å²) in [7, 11) is 0. The molecule has 3 aromatic rings. The molecule has 0 aliphatic carbocycles. The molecule has 0 fully saturated rings. The monoisotopic (exact) mass is 300 g/mol. The predicted octanol–water partition coefficient (Wildman–Crippen LogP) is 3.26. The minimum atomic E-state index is -0.449. The summed E-state index contributed by atoms with van der Waals surface area (Å²) in [4.78, 5) is 17.6. The number of nitro groups is 1. The molecule has 0 saturated carbocycles. The molecule has 0 amide bonds. The second-order valence-electron chi connectivity index (χ2n) is 4.85. The van der Waals surface area contributed by atoms with Gasteiger partial charge < -0.3 is 10.3 Å². The average molecular weight is 300 g/mol. The fourth-order valence-electron chi connectivity index (χ4n) is 2.17. The Balaban J connectivity index is 1.66. The Hall–Kier alpha value is -2.96. The van der Waals surface area contributed by atoms with Crippen molar-refractivity contribution in [1.29, 1.82) is 0 Å². The molecule has 0 saturated heterocycles. The second kappa shape index (κ2) is 5.80. The minimum Gasteiger partial charge on any atom is -0.355 e. The maximum Gasteiger partial charge on any atom is 0.271 e. The van der Waals surface area contributed by atoms with Gasteiger partial charge in [0.1, 0.15) is 5.82 Å². The van der Waals surface area contributed by atoms with Crippen molar-refractivity contribution in [2.24, 2.45) is 0 Å². The van der Waals surface area contributed by atoms with Gasteiger partial charge in [0, 0.05) is 18.7 Å². The summed E-state index contributed by atoms with van der Waals surface area (Å²) < 4.78 is 12.8. The maximum atomic E-state index is 12.8. The molecule has 22 heavy (non-hydrogen) atoms. The first-order valence-electron chi connectivity index (χ1n) is 6.74. The lowest BCUT2D eigenvalue weighted by Gasteiger charge is -2.02. The highest BCUT2D eigenvalue weighted by Gasteiger charge is 2.09. The SMILES string of the molecule is O=[N+]([O-])c1ccc2[nH]c(NCCc3ccc(F)cc3)nc2c1. The van der Waals surface area contributed by atoms with Crippen LogP contribution in [0.4, 0.5) is 16.0 Å². The third-order valence-corrected chi connectivity index (χ3v) is 3.30. The second-order valence-corrected chi connectivity index (χ2v) is 4.85. The Morgan fingerprint density at radius 2 is 2.00 bits per heavy atom. The average Bonchev–Trinajstić information content (AvgIpc) is 2.91. The Morgan fingerprint density at radius 3 is 2.73 bits per heavy atom. The number of non-ortho nitro benzene ring substituents is 1. The molecule has 0 atom stereocenters. The summed E-state index contributed by atoms with van der Waals surface area (Å²) in [6, 6.07) is 10.8. The van der Waals surface area contributed by atoms with Crippen LogP contribution in [0.3, 0.4) is 0 Å². The topological polar surface area (TPSA) is 83.8 Å². The molecule has 0 spiro atoms. The highest BCUT2D eigenvalue weighted by molar-refractivity contribution is 5.79. The van der Waals surface area contributed by atoms with Crippen molar-refractivity contribution in [2.45, 2.75) is 6.42 Å².